The summed E-state index contributed by atoms with van der Waals surface area (Å²) in [5.74, 6) is 0.406. The summed E-state index contributed by atoms with van der Waals surface area (Å²) in [6.45, 7) is 2.13. The van der Waals surface area contributed by atoms with Crippen LogP contribution in [0.5, 0.6) is 0 Å². The third-order valence-electron chi connectivity index (χ3n) is 3.03. The summed E-state index contributed by atoms with van der Waals surface area (Å²) >= 11 is 0. The summed E-state index contributed by atoms with van der Waals surface area (Å²) in [6, 6.07) is 8.54. The molecule has 1 aliphatic carbocycles. The zero-order chi connectivity index (χ0) is 9.26. The van der Waals surface area contributed by atoms with Gasteiger partial charge in [-0.2, -0.15) is 0 Å². The average Bonchev–Trinajstić information content (AvgIpc) is 2.28. The van der Waals surface area contributed by atoms with Crippen molar-refractivity contribution in [1.29, 1.82) is 0 Å². The summed E-state index contributed by atoms with van der Waals surface area (Å²) in [4.78, 5) is 0. The molecule has 70 valence electrons. The van der Waals surface area contributed by atoms with Gasteiger partial charge in [-0.05, 0) is 36.3 Å². The Hall–Kier alpha value is -0.820. The molecule has 13 heavy (non-hydrogen) atoms. The summed E-state index contributed by atoms with van der Waals surface area (Å²) in [5.41, 5.74) is 2.84. The van der Waals surface area contributed by atoms with Crippen LogP contribution in [-0.2, 0) is 12.8 Å². The quantitative estimate of drug-likeness (QED) is 0.601. The molecular weight excluding hydrogens is 160 g/mol. The van der Waals surface area contributed by atoms with Crippen molar-refractivity contribution in [1.82, 2.24) is 0 Å². The lowest BCUT2D eigenvalue weighted by atomic mass is 9.97. The van der Waals surface area contributed by atoms with Crippen LogP contribution in [0.4, 0.5) is 0 Å². The van der Waals surface area contributed by atoms with Crippen molar-refractivity contribution in [2.24, 2.45) is 5.92 Å². The van der Waals surface area contributed by atoms with E-state index in [1.54, 1.807) is 0 Å². The monoisotopic (exact) mass is 176 g/mol. The molecule has 1 aromatic rings. The molecule has 0 heterocycles. The number of hydrogen-bond acceptors (Lipinski definition) is 1. The van der Waals surface area contributed by atoms with Crippen molar-refractivity contribution in [2.75, 3.05) is 0 Å². The lowest BCUT2D eigenvalue weighted by Crippen LogP contribution is -2.17. The van der Waals surface area contributed by atoms with Crippen molar-refractivity contribution in [3.05, 3.63) is 35.4 Å². The minimum atomic E-state index is -0.118. The molecule has 0 aliphatic heterocycles. The highest BCUT2D eigenvalue weighted by Gasteiger charge is 2.19. The number of hydrogen-bond donors (Lipinski definition) is 1. The lowest BCUT2D eigenvalue weighted by molar-refractivity contribution is 0.111. The second kappa shape index (κ2) is 3.51. The van der Waals surface area contributed by atoms with Crippen LogP contribution >= 0.6 is 0 Å². The van der Waals surface area contributed by atoms with Crippen LogP contribution in [0.15, 0.2) is 24.3 Å². The maximum Gasteiger partial charge on any atom is 0.0572 e. The van der Waals surface area contributed by atoms with Gasteiger partial charge in [-0.3, -0.25) is 0 Å². The molecule has 1 heteroatoms. The summed E-state index contributed by atoms with van der Waals surface area (Å²) in [5, 5.41) is 9.73. The van der Waals surface area contributed by atoms with Crippen LogP contribution in [0.3, 0.4) is 0 Å². The van der Waals surface area contributed by atoms with Gasteiger partial charge in [-0.1, -0.05) is 31.2 Å². The van der Waals surface area contributed by atoms with Crippen molar-refractivity contribution in [3.63, 3.8) is 0 Å². The van der Waals surface area contributed by atoms with E-state index in [1.807, 2.05) is 0 Å². The van der Waals surface area contributed by atoms with Crippen LogP contribution in [0.25, 0.3) is 0 Å². The van der Waals surface area contributed by atoms with Gasteiger partial charge >= 0.3 is 0 Å². The van der Waals surface area contributed by atoms with Gasteiger partial charge in [0.2, 0.25) is 0 Å². The number of fused-ring (bicyclic) bond motifs is 1. The minimum absolute atomic E-state index is 0.118. The van der Waals surface area contributed by atoms with Gasteiger partial charge in [-0.15, -0.1) is 0 Å². The van der Waals surface area contributed by atoms with E-state index >= 15 is 0 Å². The Morgan fingerprint density at radius 3 is 2.69 bits per heavy atom. The highest BCUT2D eigenvalue weighted by molar-refractivity contribution is 5.28. The standard InChI is InChI=1S/C12H16O/c1-9-8-11-5-3-2-4-10(11)6-7-12(9)13/h2-5,9,12-13H,6-8H2,1H3/t9-,12-/m0/s1. The van der Waals surface area contributed by atoms with Gasteiger partial charge in [0, 0.05) is 0 Å². The molecule has 0 saturated heterocycles. The molecule has 0 saturated carbocycles. The molecule has 0 bridgehead atoms. The number of benzene rings is 1. The Labute approximate surface area is 79.4 Å². The number of aliphatic hydroxyl groups is 1. The van der Waals surface area contributed by atoms with E-state index in [9.17, 15) is 5.11 Å². The summed E-state index contributed by atoms with van der Waals surface area (Å²) in [7, 11) is 0. The van der Waals surface area contributed by atoms with Crippen molar-refractivity contribution < 1.29 is 5.11 Å². The molecule has 1 nitrogen and oxygen atoms in total. The van der Waals surface area contributed by atoms with Crippen LogP contribution in [-0.4, -0.2) is 11.2 Å². The second-order valence-electron chi connectivity index (χ2n) is 4.06. The van der Waals surface area contributed by atoms with Crippen molar-refractivity contribution in [2.45, 2.75) is 32.3 Å². The first-order chi connectivity index (χ1) is 6.27. The largest absolute Gasteiger partial charge is 0.393 e. The Morgan fingerprint density at radius 2 is 1.92 bits per heavy atom. The molecule has 1 N–H and O–H groups in total. The lowest BCUT2D eigenvalue weighted by Gasteiger charge is -2.14. The Bertz CT molecular complexity index is 293. The van der Waals surface area contributed by atoms with E-state index in [-0.39, 0.29) is 6.10 Å². The van der Waals surface area contributed by atoms with Gasteiger partial charge in [0.25, 0.3) is 0 Å². The maximum absolute atomic E-state index is 9.73. The van der Waals surface area contributed by atoms with Crippen LogP contribution in [0.1, 0.15) is 24.5 Å². The third-order valence-corrected chi connectivity index (χ3v) is 3.03. The van der Waals surface area contributed by atoms with Gasteiger partial charge in [0.1, 0.15) is 0 Å². The van der Waals surface area contributed by atoms with E-state index in [2.05, 4.69) is 31.2 Å². The van der Waals surface area contributed by atoms with Gasteiger partial charge in [0.15, 0.2) is 0 Å². The minimum Gasteiger partial charge on any atom is -0.393 e. The molecule has 0 spiro atoms. The number of aliphatic hydroxyl groups excluding tert-OH is 1. The molecule has 0 fully saturated rings. The predicted octanol–water partition coefficient (Wildman–Crippen LogP) is 2.17. The Kier molecular flexibility index (Phi) is 2.36. The van der Waals surface area contributed by atoms with Crippen molar-refractivity contribution >= 4 is 0 Å². The maximum atomic E-state index is 9.73. The molecule has 0 aromatic heterocycles. The van der Waals surface area contributed by atoms with E-state index in [0.29, 0.717) is 5.92 Å². The van der Waals surface area contributed by atoms with Gasteiger partial charge in [0.05, 0.1) is 6.10 Å². The highest BCUT2D eigenvalue weighted by atomic mass is 16.3. The molecule has 0 unspecified atom stereocenters. The van der Waals surface area contributed by atoms with E-state index < -0.39 is 0 Å². The average molecular weight is 176 g/mol. The molecule has 1 aliphatic rings. The second-order valence-corrected chi connectivity index (χ2v) is 4.06. The van der Waals surface area contributed by atoms with E-state index in [1.165, 1.54) is 11.1 Å². The van der Waals surface area contributed by atoms with E-state index in [0.717, 1.165) is 19.3 Å². The van der Waals surface area contributed by atoms with Crippen LogP contribution in [0, 0.1) is 5.92 Å². The van der Waals surface area contributed by atoms with Crippen molar-refractivity contribution in [3.8, 4) is 0 Å². The third kappa shape index (κ3) is 1.75. The topological polar surface area (TPSA) is 20.2 Å². The van der Waals surface area contributed by atoms with Crippen LogP contribution < -0.4 is 0 Å². The summed E-state index contributed by atoms with van der Waals surface area (Å²) < 4.78 is 0. The van der Waals surface area contributed by atoms with E-state index in [4.69, 9.17) is 0 Å². The first kappa shape index (κ1) is 8.76. The molecule has 0 amide bonds. The number of rotatable bonds is 0. The molecule has 2 atom stereocenters. The fraction of sp³-hybridized carbons (Fsp3) is 0.500. The van der Waals surface area contributed by atoms with Gasteiger partial charge in [-0.25, -0.2) is 0 Å². The SMILES string of the molecule is C[C@H]1Cc2ccccc2CC[C@@H]1O. The Balaban J connectivity index is 2.29. The normalized spacial score (nSPS) is 27.8. The molecular formula is C12H16O. The summed E-state index contributed by atoms with van der Waals surface area (Å²) in [6.07, 6.45) is 2.85. The predicted molar refractivity (Wildman–Crippen MR) is 53.6 cm³/mol. The zero-order valence-corrected chi connectivity index (χ0v) is 8.03. The van der Waals surface area contributed by atoms with Gasteiger partial charge < -0.3 is 5.11 Å². The first-order valence-corrected chi connectivity index (χ1v) is 5.02. The molecule has 1 aromatic carbocycles. The first-order valence-electron chi connectivity index (χ1n) is 5.02. The molecule has 0 radical (unpaired) electrons. The fourth-order valence-corrected chi connectivity index (χ4v) is 2.07. The smallest absolute Gasteiger partial charge is 0.0572 e. The number of aryl methyl sites for hydroxylation is 1. The Morgan fingerprint density at radius 1 is 1.23 bits per heavy atom. The molecule has 2 rings (SSSR count). The zero-order valence-electron chi connectivity index (χ0n) is 8.03. The fourth-order valence-electron chi connectivity index (χ4n) is 2.07. The highest BCUT2D eigenvalue weighted by Crippen LogP contribution is 2.24. The van der Waals surface area contributed by atoms with Crippen LogP contribution in [0.2, 0.25) is 0 Å².